The van der Waals surface area contributed by atoms with Crippen molar-refractivity contribution >= 4 is 17.4 Å². The zero-order valence-corrected chi connectivity index (χ0v) is 11.1. The van der Waals surface area contributed by atoms with Gasteiger partial charge in [0, 0.05) is 11.5 Å². The maximum atomic E-state index is 12.6. The van der Waals surface area contributed by atoms with Crippen LogP contribution < -0.4 is 4.90 Å². The maximum absolute atomic E-state index is 12.6. The number of ketones is 1. The average Bonchev–Trinajstić information content (AvgIpc) is 2.44. The highest BCUT2D eigenvalue weighted by atomic mass is 16.2. The summed E-state index contributed by atoms with van der Waals surface area (Å²) in [6.07, 6.45) is 1.79. The van der Waals surface area contributed by atoms with Gasteiger partial charge in [0.1, 0.15) is 11.7 Å². The molecule has 1 amide bonds. The van der Waals surface area contributed by atoms with Gasteiger partial charge in [-0.2, -0.15) is 0 Å². The number of nitrogens with zero attached hydrogens (tertiary/aromatic N) is 4. The van der Waals surface area contributed by atoms with E-state index in [2.05, 4.69) is 10.0 Å². The van der Waals surface area contributed by atoms with E-state index < -0.39 is 12.0 Å². The van der Waals surface area contributed by atoms with Gasteiger partial charge in [0.2, 0.25) is 5.91 Å². The van der Waals surface area contributed by atoms with Gasteiger partial charge < -0.3 is 4.90 Å². The average molecular weight is 270 g/mol. The van der Waals surface area contributed by atoms with Gasteiger partial charge in [-0.05, 0) is 36.4 Å². The molecule has 0 saturated heterocycles. The summed E-state index contributed by atoms with van der Waals surface area (Å²) in [5.74, 6) is -1.39. The van der Waals surface area contributed by atoms with Crippen LogP contribution >= 0.6 is 0 Å². The molecule has 2 heterocycles. The Morgan fingerprint density at radius 1 is 1.50 bits per heavy atom. The number of hydrogen-bond donors (Lipinski definition) is 0. The minimum atomic E-state index is -0.897. The summed E-state index contributed by atoms with van der Waals surface area (Å²) in [7, 11) is 0. The molecule has 0 radical (unpaired) electrons. The Morgan fingerprint density at radius 3 is 3.00 bits per heavy atom. The molecule has 102 valence electrons. The summed E-state index contributed by atoms with van der Waals surface area (Å²) in [5, 5.41) is 3.72. The van der Waals surface area contributed by atoms with Crippen molar-refractivity contribution in [3.05, 3.63) is 39.8 Å². The number of hydrogen-bond acceptors (Lipinski definition) is 3. The second-order valence-corrected chi connectivity index (χ2v) is 5.19. The second kappa shape index (κ2) is 4.65. The largest absolute Gasteiger partial charge is 0.311 e. The van der Waals surface area contributed by atoms with E-state index >= 15 is 0 Å². The predicted octanol–water partition coefficient (Wildman–Crippen LogP) is 2.54. The summed E-state index contributed by atoms with van der Waals surface area (Å²) in [6, 6.07) is 5.00. The molecule has 2 atom stereocenters. The summed E-state index contributed by atoms with van der Waals surface area (Å²) >= 11 is 0. The van der Waals surface area contributed by atoms with Crippen LogP contribution in [0.25, 0.3) is 10.4 Å². The van der Waals surface area contributed by atoms with Crippen molar-refractivity contribution in [2.24, 2.45) is 11.0 Å². The highest BCUT2D eigenvalue weighted by Crippen LogP contribution is 2.44. The lowest BCUT2D eigenvalue weighted by atomic mass is 9.81. The third-order valence-corrected chi connectivity index (χ3v) is 4.03. The molecule has 2 unspecified atom stereocenters. The second-order valence-electron chi connectivity index (χ2n) is 5.19. The van der Waals surface area contributed by atoms with Crippen molar-refractivity contribution in [3.8, 4) is 0 Å². The molecule has 20 heavy (non-hydrogen) atoms. The molecule has 1 aromatic rings. The number of carbonyl (C=O) groups is 2. The van der Waals surface area contributed by atoms with Crippen LogP contribution in [0.3, 0.4) is 0 Å². The van der Waals surface area contributed by atoms with E-state index in [1.807, 2.05) is 18.2 Å². The molecule has 0 aromatic heterocycles. The lowest BCUT2D eigenvalue weighted by molar-refractivity contribution is -0.132. The molecular formula is C14H14N4O2. The molecule has 1 aromatic carbocycles. The van der Waals surface area contributed by atoms with Gasteiger partial charge in [-0.3, -0.25) is 9.59 Å². The Kier molecular flexibility index (Phi) is 2.95. The van der Waals surface area contributed by atoms with Crippen LogP contribution in [0.5, 0.6) is 0 Å². The number of para-hydroxylation sites is 1. The van der Waals surface area contributed by atoms with Gasteiger partial charge in [-0.25, -0.2) is 0 Å². The van der Waals surface area contributed by atoms with Gasteiger partial charge in [0.05, 0.1) is 11.7 Å². The Hall–Kier alpha value is -2.33. The first kappa shape index (κ1) is 12.7. The summed E-state index contributed by atoms with van der Waals surface area (Å²) < 4.78 is 0. The van der Waals surface area contributed by atoms with Crippen molar-refractivity contribution in [2.75, 3.05) is 11.4 Å². The van der Waals surface area contributed by atoms with Gasteiger partial charge >= 0.3 is 0 Å². The first-order valence-corrected chi connectivity index (χ1v) is 6.63. The van der Waals surface area contributed by atoms with Gasteiger partial charge in [0.15, 0.2) is 0 Å². The van der Waals surface area contributed by atoms with E-state index in [9.17, 15) is 9.59 Å². The first-order chi connectivity index (χ1) is 9.65. The van der Waals surface area contributed by atoms with Gasteiger partial charge in [-0.15, -0.1) is 0 Å². The summed E-state index contributed by atoms with van der Waals surface area (Å²) in [4.78, 5) is 28.9. The number of aryl methyl sites for hydroxylation is 1. The number of anilines is 1. The number of carbonyl (C=O) groups excluding carboxylic acids is 2. The SMILES string of the molecule is CC(=O)C1C(=O)N2CCCc3cccc(c32)C1N=[N+]=[N-]. The quantitative estimate of drug-likeness (QED) is 0.358. The fourth-order valence-electron chi connectivity index (χ4n) is 3.20. The Morgan fingerprint density at radius 2 is 2.30 bits per heavy atom. The van der Waals surface area contributed by atoms with Crippen molar-refractivity contribution in [1.29, 1.82) is 0 Å². The maximum Gasteiger partial charge on any atom is 0.238 e. The molecule has 3 rings (SSSR count). The monoisotopic (exact) mass is 270 g/mol. The smallest absolute Gasteiger partial charge is 0.238 e. The van der Waals surface area contributed by atoms with E-state index in [1.54, 1.807) is 4.90 Å². The van der Waals surface area contributed by atoms with E-state index in [-0.39, 0.29) is 11.7 Å². The molecule has 0 N–H and O–H groups in total. The highest BCUT2D eigenvalue weighted by Gasteiger charge is 2.44. The third-order valence-electron chi connectivity index (χ3n) is 4.03. The van der Waals surface area contributed by atoms with E-state index in [0.717, 1.165) is 29.7 Å². The van der Waals surface area contributed by atoms with Crippen LogP contribution in [0.15, 0.2) is 23.3 Å². The molecule has 0 bridgehead atoms. The molecular weight excluding hydrogens is 256 g/mol. The standard InChI is InChI=1S/C14H14N4O2/c1-8(19)11-12(16-17-15)10-6-2-4-9-5-3-7-18(13(9)10)14(11)20/h2,4,6,11-12H,3,5,7H2,1H3. The topological polar surface area (TPSA) is 86.1 Å². The third kappa shape index (κ3) is 1.69. The lowest BCUT2D eigenvalue weighted by Gasteiger charge is -2.40. The highest BCUT2D eigenvalue weighted by molar-refractivity contribution is 6.11. The number of azide groups is 1. The van der Waals surface area contributed by atoms with Crippen LogP contribution in [-0.4, -0.2) is 18.2 Å². The number of Topliss-reactive ketones (excluding diaryl/α,β-unsaturated/α-hetero) is 1. The van der Waals surface area contributed by atoms with Gasteiger partial charge in [0.25, 0.3) is 0 Å². The minimum absolute atomic E-state index is 0.241. The fourth-order valence-corrected chi connectivity index (χ4v) is 3.20. The molecule has 2 aliphatic heterocycles. The Bertz CT molecular complexity index is 649. The molecule has 0 fully saturated rings. The first-order valence-electron chi connectivity index (χ1n) is 6.63. The predicted molar refractivity (Wildman–Crippen MR) is 73.2 cm³/mol. The minimum Gasteiger partial charge on any atom is -0.311 e. The van der Waals surface area contributed by atoms with E-state index in [4.69, 9.17) is 5.53 Å². The normalized spacial score (nSPS) is 23.9. The zero-order chi connectivity index (χ0) is 14.3. The molecule has 2 aliphatic rings. The van der Waals surface area contributed by atoms with Crippen LogP contribution in [-0.2, 0) is 16.0 Å². The molecule has 0 aliphatic carbocycles. The molecule has 0 saturated carbocycles. The Labute approximate surface area is 116 Å². The van der Waals surface area contributed by atoms with Gasteiger partial charge in [-0.1, -0.05) is 23.3 Å². The van der Waals surface area contributed by atoms with E-state index in [0.29, 0.717) is 6.54 Å². The number of amides is 1. The lowest BCUT2D eigenvalue weighted by Crippen LogP contribution is -2.48. The van der Waals surface area contributed by atoms with Crippen LogP contribution in [0.2, 0.25) is 0 Å². The van der Waals surface area contributed by atoms with Crippen molar-refractivity contribution in [1.82, 2.24) is 0 Å². The van der Waals surface area contributed by atoms with Crippen molar-refractivity contribution in [3.63, 3.8) is 0 Å². The Balaban J connectivity index is 2.26. The molecule has 6 nitrogen and oxygen atoms in total. The van der Waals surface area contributed by atoms with Crippen molar-refractivity contribution in [2.45, 2.75) is 25.8 Å². The molecule has 6 heteroatoms. The zero-order valence-electron chi connectivity index (χ0n) is 11.1. The van der Waals surface area contributed by atoms with Crippen LogP contribution in [0, 0.1) is 5.92 Å². The van der Waals surface area contributed by atoms with Crippen molar-refractivity contribution < 1.29 is 9.59 Å². The molecule has 0 spiro atoms. The number of rotatable bonds is 2. The van der Waals surface area contributed by atoms with E-state index in [1.165, 1.54) is 6.92 Å². The number of benzene rings is 1. The summed E-state index contributed by atoms with van der Waals surface area (Å²) in [5.41, 5.74) is 11.5. The summed E-state index contributed by atoms with van der Waals surface area (Å²) in [6.45, 7) is 2.00. The van der Waals surface area contributed by atoms with Crippen LogP contribution in [0.1, 0.15) is 30.5 Å². The van der Waals surface area contributed by atoms with Crippen LogP contribution in [0.4, 0.5) is 5.69 Å². The fraction of sp³-hybridized carbons (Fsp3) is 0.429.